The third kappa shape index (κ3) is 3.42. The van der Waals surface area contributed by atoms with Gasteiger partial charge in [0.2, 0.25) is 0 Å². The molecule has 2 aromatic rings. The second kappa shape index (κ2) is 6.54. The number of benzene rings is 1. The molecular formula is C18H25N3. The molecule has 0 amide bonds. The van der Waals surface area contributed by atoms with E-state index in [-0.39, 0.29) is 0 Å². The first-order chi connectivity index (χ1) is 10.3. The van der Waals surface area contributed by atoms with Gasteiger partial charge >= 0.3 is 0 Å². The number of para-hydroxylation sites is 1. The molecule has 3 rings (SSSR count). The van der Waals surface area contributed by atoms with Gasteiger partial charge < -0.3 is 5.32 Å². The van der Waals surface area contributed by atoms with Gasteiger partial charge in [-0.1, -0.05) is 38.1 Å². The molecule has 1 fully saturated rings. The highest BCUT2D eigenvalue weighted by atomic mass is 15.2. The van der Waals surface area contributed by atoms with Crippen molar-refractivity contribution in [2.45, 2.75) is 32.9 Å². The fourth-order valence-corrected chi connectivity index (χ4v) is 3.37. The number of aromatic nitrogens is 1. The predicted octanol–water partition coefficient (Wildman–Crippen LogP) is 3.05. The summed E-state index contributed by atoms with van der Waals surface area (Å²) in [4.78, 5) is 7.33. The van der Waals surface area contributed by atoms with Gasteiger partial charge in [0.1, 0.15) is 0 Å². The maximum absolute atomic E-state index is 4.79. The van der Waals surface area contributed by atoms with Gasteiger partial charge in [-0.15, -0.1) is 0 Å². The van der Waals surface area contributed by atoms with Crippen LogP contribution in [0, 0.1) is 5.92 Å². The van der Waals surface area contributed by atoms with E-state index in [0.717, 1.165) is 31.7 Å². The SMILES string of the molecule is CCNC1CCN(Cc2ccc3ccccc3n2)CC1C. The predicted molar refractivity (Wildman–Crippen MR) is 88.3 cm³/mol. The van der Waals surface area contributed by atoms with Crippen LogP contribution >= 0.6 is 0 Å². The molecule has 1 saturated heterocycles. The summed E-state index contributed by atoms with van der Waals surface area (Å²) < 4.78 is 0. The lowest BCUT2D eigenvalue weighted by Gasteiger charge is -2.37. The molecule has 2 atom stereocenters. The van der Waals surface area contributed by atoms with E-state index in [1.54, 1.807) is 0 Å². The third-order valence-corrected chi connectivity index (χ3v) is 4.50. The van der Waals surface area contributed by atoms with Gasteiger partial charge in [0, 0.05) is 31.1 Å². The Labute approximate surface area is 127 Å². The molecule has 1 aliphatic heterocycles. The fraction of sp³-hybridized carbons (Fsp3) is 0.500. The van der Waals surface area contributed by atoms with Gasteiger partial charge in [0.15, 0.2) is 0 Å². The van der Waals surface area contributed by atoms with Crippen molar-refractivity contribution >= 4 is 10.9 Å². The second-order valence-corrected chi connectivity index (χ2v) is 6.16. The van der Waals surface area contributed by atoms with E-state index < -0.39 is 0 Å². The minimum absolute atomic E-state index is 0.677. The molecule has 3 heteroatoms. The molecule has 1 aromatic carbocycles. The normalized spacial score (nSPS) is 23.5. The number of pyridine rings is 1. The Bertz CT molecular complexity index is 596. The van der Waals surface area contributed by atoms with Crippen molar-refractivity contribution in [1.82, 2.24) is 15.2 Å². The summed E-state index contributed by atoms with van der Waals surface area (Å²) in [6.45, 7) is 8.91. The van der Waals surface area contributed by atoms with E-state index in [0.29, 0.717) is 12.0 Å². The van der Waals surface area contributed by atoms with Gasteiger partial charge in [-0.05, 0) is 31.0 Å². The monoisotopic (exact) mass is 283 g/mol. The molecule has 0 spiro atoms. The summed E-state index contributed by atoms with van der Waals surface area (Å²) in [5.74, 6) is 0.708. The molecule has 2 heterocycles. The van der Waals surface area contributed by atoms with E-state index in [2.05, 4.69) is 60.5 Å². The van der Waals surface area contributed by atoms with Crippen LogP contribution in [0.3, 0.4) is 0 Å². The lowest BCUT2D eigenvalue weighted by Crippen LogP contribution is -2.47. The van der Waals surface area contributed by atoms with Gasteiger partial charge in [-0.2, -0.15) is 0 Å². The Morgan fingerprint density at radius 3 is 2.90 bits per heavy atom. The lowest BCUT2D eigenvalue weighted by molar-refractivity contribution is 0.141. The number of nitrogens with one attached hydrogen (secondary N) is 1. The number of piperidine rings is 1. The number of rotatable bonds is 4. The smallest absolute Gasteiger partial charge is 0.0705 e. The quantitative estimate of drug-likeness (QED) is 0.935. The first-order valence-electron chi connectivity index (χ1n) is 8.06. The number of fused-ring (bicyclic) bond motifs is 1. The fourth-order valence-electron chi connectivity index (χ4n) is 3.37. The molecule has 3 nitrogen and oxygen atoms in total. The maximum Gasteiger partial charge on any atom is 0.0705 e. The summed E-state index contributed by atoms with van der Waals surface area (Å²) >= 11 is 0. The van der Waals surface area contributed by atoms with Gasteiger partial charge in [-0.25, -0.2) is 0 Å². The number of likely N-dealkylation sites (tertiary alicyclic amines) is 1. The summed E-state index contributed by atoms with van der Waals surface area (Å²) in [6.07, 6.45) is 1.24. The summed E-state index contributed by atoms with van der Waals surface area (Å²) in [5, 5.41) is 4.82. The molecular weight excluding hydrogens is 258 g/mol. The maximum atomic E-state index is 4.79. The molecule has 1 aliphatic rings. The molecule has 112 valence electrons. The topological polar surface area (TPSA) is 28.2 Å². The van der Waals surface area contributed by atoms with Crippen molar-refractivity contribution in [2.24, 2.45) is 5.92 Å². The average molecular weight is 283 g/mol. The van der Waals surface area contributed by atoms with E-state index in [9.17, 15) is 0 Å². The number of nitrogens with zero attached hydrogens (tertiary/aromatic N) is 2. The van der Waals surface area contributed by atoms with Crippen molar-refractivity contribution < 1.29 is 0 Å². The number of hydrogen-bond donors (Lipinski definition) is 1. The zero-order chi connectivity index (χ0) is 14.7. The summed E-state index contributed by atoms with van der Waals surface area (Å²) in [7, 11) is 0. The Hall–Kier alpha value is -1.45. The molecule has 1 aromatic heterocycles. The molecule has 0 aliphatic carbocycles. The van der Waals surface area contributed by atoms with Crippen LogP contribution in [0.5, 0.6) is 0 Å². The van der Waals surface area contributed by atoms with Crippen LogP contribution < -0.4 is 5.32 Å². The zero-order valence-corrected chi connectivity index (χ0v) is 13.0. The van der Waals surface area contributed by atoms with Gasteiger partial charge in [0.05, 0.1) is 11.2 Å². The highest BCUT2D eigenvalue weighted by Gasteiger charge is 2.25. The molecule has 0 radical (unpaired) electrons. The Morgan fingerprint density at radius 2 is 2.10 bits per heavy atom. The van der Waals surface area contributed by atoms with Crippen molar-refractivity contribution in [3.8, 4) is 0 Å². The molecule has 0 saturated carbocycles. The Kier molecular flexibility index (Phi) is 4.51. The van der Waals surface area contributed by atoms with Crippen LogP contribution in [0.15, 0.2) is 36.4 Å². The molecule has 21 heavy (non-hydrogen) atoms. The minimum Gasteiger partial charge on any atom is -0.314 e. The summed E-state index contributed by atoms with van der Waals surface area (Å²) in [6, 6.07) is 13.4. The largest absolute Gasteiger partial charge is 0.314 e. The highest BCUT2D eigenvalue weighted by molar-refractivity contribution is 5.78. The molecule has 1 N–H and O–H groups in total. The Morgan fingerprint density at radius 1 is 1.24 bits per heavy atom. The third-order valence-electron chi connectivity index (χ3n) is 4.50. The van der Waals surface area contributed by atoms with Crippen molar-refractivity contribution in [2.75, 3.05) is 19.6 Å². The lowest BCUT2D eigenvalue weighted by atomic mass is 9.93. The Balaban J connectivity index is 1.66. The van der Waals surface area contributed by atoms with Crippen molar-refractivity contribution in [1.29, 1.82) is 0 Å². The van der Waals surface area contributed by atoms with E-state index in [1.165, 1.54) is 17.5 Å². The van der Waals surface area contributed by atoms with Gasteiger partial charge in [0.25, 0.3) is 0 Å². The van der Waals surface area contributed by atoms with Crippen LogP contribution in [-0.4, -0.2) is 35.6 Å². The first kappa shape index (κ1) is 14.5. The van der Waals surface area contributed by atoms with Crippen LogP contribution in [0.2, 0.25) is 0 Å². The van der Waals surface area contributed by atoms with E-state index >= 15 is 0 Å². The standard InChI is InChI=1S/C18H25N3/c1-3-19-17-10-11-21(12-14(17)2)13-16-9-8-15-6-4-5-7-18(15)20-16/h4-9,14,17,19H,3,10-13H2,1-2H3. The summed E-state index contributed by atoms with van der Waals surface area (Å²) in [5.41, 5.74) is 2.29. The number of hydrogen-bond acceptors (Lipinski definition) is 3. The van der Waals surface area contributed by atoms with Crippen LogP contribution in [0.4, 0.5) is 0 Å². The molecule has 0 bridgehead atoms. The minimum atomic E-state index is 0.677. The second-order valence-electron chi connectivity index (χ2n) is 6.16. The van der Waals surface area contributed by atoms with Crippen molar-refractivity contribution in [3.05, 3.63) is 42.1 Å². The van der Waals surface area contributed by atoms with Crippen LogP contribution in [-0.2, 0) is 6.54 Å². The van der Waals surface area contributed by atoms with E-state index in [1.807, 2.05) is 0 Å². The van der Waals surface area contributed by atoms with Crippen molar-refractivity contribution in [3.63, 3.8) is 0 Å². The van der Waals surface area contributed by atoms with E-state index in [4.69, 9.17) is 4.98 Å². The molecule has 2 unspecified atom stereocenters. The van der Waals surface area contributed by atoms with Crippen LogP contribution in [0.1, 0.15) is 26.0 Å². The first-order valence-corrected chi connectivity index (χ1v) is 8.06. The van der Waals surface area contributed by atoms with Crippen LogP contribution in [0.25, 0.3) is 10.9 Å². The zero-order valence-electron chi connectivity index (χ0n) is 13.0. The highest BCUT2D eigenvalue weighted by Crippen LogP contribution is 2.19. The average Bonchev–Trinajstić information content (AvgIpc) is 2.50. The van der Waals surface area contributed by atoms with Gasteiger partial charge in [-0.3, -0.25) is 9.88 Å².